The molecule has 2 heterocycles. The van der Waals surface area contributed by atoms with Crippen molar-refractivity contribution in [3.05, 3.63) is 57.6 Å². The van der Waals surface area contributed by atoms with Gasteiger partial charge in [-0.25, -0.2) is 12.7 Å². The standard InChI is InChI=1S/C23H26Cl2N2O5S/c1-15(17-5-7-21-22(12-17)32-10-9-31-21)26-23(28)18-3-2-8-27(13-18)33(29,30)14-16-4-6-19(24)20(25)11-16/h4-7,11-12,15,18H,2-3,8-10,13-14H2,1H3,(H,26,28). The molecule has 0 aliphatic carbocycles. The molecule has 1 saturated heterocycles. The molecule has 4 rings (SSSR count). The van der Waals surface area contributed by atoms with E-state index >= 15 is 0 Å². The van der Waals surface area contributed by atoms with E-state index in [1.807, 2.05) is 25.1 Å². The van der Waals surface area contributed by atoms with Gasteiger partial charge in [-0.05, 0) is 55.2 Å². The summed E-state index contributed by atoms with van der Waals surface area (Å²) in [5.74, 6) is 0.593. The molecule has 1 fully saturated rings. The summed E-state index contributed by atoms with van der Waals surface area (Å²) >= 11 is 11.9. The summed E-state index contributed by atoms with van der Waals surface area (Å²) in [6.45, 7) is 3.45. The fraction of sp³-hybridized carbons (Fsp3) is 0.435. The van der Waals surface area contributed by atoms with Crippen molar-refractivity contribution < 1.29 is 22.7 Å². The SMILES string of the molecule is CC(NC(=O)C1CCCN(S(=O)(=O)Cc2ccc(Cl)c(Cl)c2)C1)c1ccc2c(c1)OCCO2. The molecule has 2 atom stereocenters. The van der Waals surface area contributed by atoms with Crippen LogP contribution in [0.4, 0.5) is 0 Å². The van der Waals surface area contributed by atoms with Gasteiger partial charge in [-0.15, -0.1) is 0 Å². The van der Waals surface area contributed by atoms with Gasteiger partial charge in [0.1, 0.15) is 13.2 Å². The Hall–Kier alpha value is -2.00. The Morgan fingerprint density at radius 2 is 1.88 bits per heavy atom. The van der Waals surface area contributed by atoms with E-state index in [2.05, 4.69) is 5.32 Å². The third-order valence-electron chi connectivity index (χ3n) is 5.91. The second kappa shape index (κ2) is 10.1. The van der Waals surface area contributed by atoms with Gasteiger partial charge in [-0.1, -0.05) is 35.3 Å². The van der Waals surface area contributed by atoms with E-state index < -0.39 is 15.9 Å². The first-order chi connectivity index (χ1) is 15.7. The van der Waals surface area contributed by atoms with Crippen LogP contribution in [-0.4, -0.2) is 44.9 Å². The van der Waals surface area contributed by atoms with Gasteiger partial charge in [-0.3, -0.25) is 4.79 Å². The first-order valence-electron chi connectivity index (χ1n) is 10.8. The highest BCUT2D eigenvalue weighted by Crippen LogP contribution is 2.33. The number of nitrogens with one attached hydrogen (secondary N) is 1. The maximum absolute atomic E-state index is 13.0. The lowest BCUT2D eigenvalue weighted by atomic mass is 9.97. The molecule has 2 aromatic rings. The lowest BCUT2D eigenvalue weighted by Crippen LogP contribution is -2.46. The average Bonchev–Trinajstić information content (AvgIpc) is 2.81. The molecular formula is C23H26Cl2N2O5S. The highest BCUT2D eigenvalue weighted by atomic mass is 35.5. The van der Waals surface area contributed by atoms with Gasteiger partial charge in [0.15, 0.2) is 11.5 Å². The number of rotatable bonds is 6. The predicted octanol–water partition coefficient (Wildman–Crippen LogP) is 4.18. The molecule has 0 spiro atoms. The van der Waals surface area contributed by atoms with Gasteiger partial charge in [-0.2, -0.15) is 0 Å². The number of hydrogen-bond acceptors (Lipinski definition) is 5. The number of fused-ring (bicyclic) bond motifs is 1. The van der Waals surface area contributed by atoms with Crippen molar-refractivity contribution in [1.82, 2.24) is 9.62 Å². The Morgan fingerprint density at radius 3 is 2.64 bits per heavy atom. The minimum atomic E-state index is -3.60. The highest BCUT2D eigenvalue weighted by Gasteiger charge is 2.33. The molecule has 0 bridgehead atoms. The molecule has 2 aliphatic rings. The first-order valence-corrected chi connectivity index (χ1v) is 13.2. The zero-order valence-electron chi connectivity index (χ0n) is 18.2. The van der Waals surface area contributed by atoms with Gasteiger partial charge >= 0.3 is 0 Å². The van der Waals surface area contributed by atoms with Crippen LogP contribution >= 0.6 is 23.2 Å². The Balaban J connectivity index is 1.39. The maximum Gasteiger partial charge on any atom is 0.224 e. The van der Waals surface area contributed by atoms with E-state index in [1.165, 1.54) is 4.31 Å². The second-order valence-electron chi connectivity index (χ2n) is 8.34. The molecule has 178 valence electrons. The quantitative estimate of drug-likeness (QED) is 0.627. The third-order valence-corrected chi connectivity index (χ3v) is 8.46. The number of carbonyl (C=O) groups excluding carboxylic acids is 1. The lowest BCUT2D eigenvalue weighted by Gasteiger charge is -2.32. The minimum absolute atomic E-state index is 0.156. The number of nitrogens with zero attached hydrogens (tertiary/aromatic N) is 1. The fourth-order valence-electron chi connectivity index (χ4n) is 4.08. The summed E-state index contributed by atoms with van der Waals surface area (Å²) in [4.78, 5) is 13.0. The van der Waals surface area contributed by atoms with Crippen molar-refractivity contribution in [2.75, 3.05) is 26.3 Å². The van der Waals surface area contributed by atoms with Crippen LogP contribution in [-0.2, 0) is 20.6 Å². The van der Waals surface area contributed by atoms with E-state index in [-0.39, 0.29) is 24.2 Å². The van der Waals surface area contributed by atoms with Crippen LogP contribution in [0.5, 0.6) is 11.5 Å². The maximum atomic E-state index is 13.0. The zero-order valence-corrected chi connectivity index (χ0v) is 20.5. The van der Waals surface area contributed by atoms with Crippen molar-refractivity contribution in [3.8, 4) is 11.5 Å². The van der Waals surface area contributed by atoms with Crippen LogP contribution in [0.2, 0.25) is 10.0 Å². The van der Waals surface area contributed by atoms with Crippen LogP contribution in [0.1, 0.15) is 36.9 Å². The molecule has 1 N–H and O–H groups in total. The van der Waals surface area contributed by atoms with Crippen molar-refractivity contribution in [2.45, 2.75) is 31.6 Å². The average molecular weight is 513 g/mol. The van der Waals surface area contributed by atoms with Crippen molar-refractivity contribution in [1.29, 1.82) is 0 Å². The molecule has 7 nitrogen and oxygen atoms in total. The third kappa shape index (κ3) is 5.74. The summed E-state index contributed by atoms with van der Waals surface area (Å²) in [6.07, 6.45) is 1.26. The van der Waals surface area contributed by atoms with Gasteiger partial charge in [0.2, 0.25) is 15.9 Å². The fourth-order valence-corrected chi connectivity index (χ4v) is 6.00. The topological polar surface area (TPSA) is 84.9 Å². The number of benzene rings is 2. The lowest BCUT2D eigenvalue weighted by molar-refractivity contribution is -0.126. The minimum Gasteiger partial charge on any atom is -0.486 e. The summed E-state index contributed by atoms with van der Waals surface area (Å²) < 4.78 is 38.6. The van der Waals surface area contributed by atoms with E-state index in [0.29, 0.717) is 59.7 Å². The van der Waals surface area contributed by atoms with Crippen LogP contribution in [0.25, 0.3) is 0 Å². The molecule has 2 aromatic carbocycles. The Bertz CT molecular complexity index is 1140. The summed E-state index contributed by atoms with van der Waals surface area (Å²) in [5, 5.41) is 3.71. The van der Waals surface area contributed by atoms with Gasteiger partial charge in [0.25, 0.3) is 0 Å². The predicted molar refractivity (Wildman–Crippen MR) is 127 cm³/mol. The zero-order chi connectivity index (χ0) is 23.6. The molecule has 0 radical (unpaired) electrons. The smallest absolute Gasteiger partial charge is 0.224 e. The molecule has 2 aliphatic heterocycles. The van der Waals surface area contributed by atoms with Crippen molar-refractivity contribution >= 4 is 39.1 Å². The van der Waals surface area contributed by atoms with E-state index in [9.17, 15) is 13.2 Å². The number of ether oxygens (including phenoxy) is 2. The Morgan fingerprint density at radius 1 is 1.12 bits per heavy atom. The molecule has 33 heavy (non-hydrogen) atoms. The highest BCUT2D eigenvalue weighted by molar-refractivity contribution is 7.88. The van der Waals surface area contributed by atoms with Gasteiger partial charge < -0.3 is 14.8 Å². The van der Waals surface area contributed by atoms with Crippen LogP contribution in [0.15, 0.2) is 36.4 Å². The van der Waals surface area contributed by atoms with E-state index in [0.717, 1.165) is 5.56 Å². The molecule has 10 heteroatoms. The van der Waals surface area contributed by atoms with E-state index in [4.69, 9.17) is 32.7 Å². The summed E-state index contributed by atoms with van der Waals surface area (Å²) in [6, 6.07) is 10.1. The number of carbonyl (C=O) groups is 1. The number of halogens is 2. The number of amides is 1. The Labute approximate surface area is 204 Å². The van der Waals surface area contributed by atoms with Crippen LogP contribution in [0.3, 0.4) is 0 Å². The van der Waals surface area contributed by atoms with Crippen molar-refractivity contribution in [3.63, 3.8) is 0 Å². The van der Waals surface area contributed by atoms with Crippen LogP contribution < -0.4 is 14.8 Å². The van der Waals surface area contributed by atoms with Gasteiger partial charge in [0, 0.05) is 13.1 Å². The number of hydrogen-bond donors (Lipinski definition) is 1. The Kier molecular flexibility index (Phi) is 7.38. The number of piperidine rings is 1. The second-order valence-corrected chi connectivity index (χ2v) is 11.1. The van der Waals surface area contributed by atoms with E-state index in [1.54, 1.807) is 18.2 Å². The van der Waals surface area contributed by atoms with Gasteiger partial charge in [0.05, 0.1) is 27.8 Å². The molecule has 1 amide bonds. The molecule has 2 unspecified atom stereocenters. The largest absolute Gasteiger partial charge is 0.486 e. The van der Waals surface area contributed by atoms with Crippen molar-refractivity contribution in [2.24, 2.45) is 5.92 Å². The summed E-state index contributed by atoms with van der Waals surface area (Å²) in [5.41, 5.74) is 1.45. The monoisotopic (exact) mass is 512 g/mol. The number of sulfonamides is 1. The van der Waals surface area contributed by atoms with Crippen LogP contribution in [0, 0.1) is 5.92 Å². The normalized spacial score (nSPS) is 19.7. The summed E-state index contributed by atoms with van der Waals surface area (Å²) in [7, 11) is -3.60. The molecular weight excluding hydrogens is 487 g/mol. The first kappa shape index (κ1) is 24.1. The molecule has 0 saturated carbocycles. The molecule has 0 aromatic heterocycles.